The number of rotatable bonds is 3. The Morgan fingerprint density at radius 2 is 0.843 bits per heavy atom. The summed E-state index contributed by atoms with van der Waals surface area (Å²) in [6, 6.07) is 66.0. The minimum absolute atomic E-state index is 0.994. The van der Waals surface area contributed by atoms with Crippen molar-refractivity contribution in [2.24, 2.45) is 0 Å². The van der Waals surface area contributed by atoms with E-state index < -0.39 is 0 Å². The summed E-state index contributed by atoms with van der Waals surface area (Å²) in [5.41, 5.74) is 8.99. The molecule has 0 N–H and O–H groups in total. The van der Waals surface area contributed by atoms with Gasteiger partial charge in [0.25, 0.3) is 0 Å². The van der Waals surface area contributed by atoms with Crippen LogP contribution in [-0.4, -0.2) is 9.55 Å². The van der Waals surface area contributed by atoms with Crippen LogP contribution in [0, 0.1) is 0 Å². The second kappa shape index (κ2) is 10.9. The van der Waals surface area contributed by atoms with Crippen molar-refractivity contribution < 1.29 is 0 Å². The monoisotopic (exact) mass is 646 g/mol. The predicted octanol–water partition coefficient (Wildman–Crippen LogP) is 13.3. The van der Waals surface area contributed by atoms with Crippen molar-refractivity contribution in [3.05, 3.63) is 182 Å². The summed E-state index contributed by atoms with van der Waals surface area (Å²) in [5.74, 6) is 0. The number of para-hydroxylation sites is 2. The van der Waals surface area contributed by atoms with Crippen LogP contribution in [0.2, 0.25) is 0 Å². The maximum absolute atomic E-state index is 5.54. The van der Waals surface area contributed by atoms with Crippen molar-refractivity contribution in [1.82, 2.24) is 9.55 Å². The SMILES string of the molecule is c1ccc(-c2nc3cc(-c4ccc5c6ccccc6c6ccccc6c5c4)ccc3c3ccc4c(c5ccccc5n4-c4ccccc4)c23)cc1. The quantitative estimate of drug-likeness (QED) is 0.175. The van der Waals surface area contributed by atoms with E-state index in [2.05, 4.69) is 187 Å². The zero-order chi connectivity index (χ0) is 33.5. The molecule has 0 aliphatic heterocycles. The Bertz CT molecular complexity index is 3140. The molecule has 236 valence electrons. The van der Waals surface area contributed by atoms with Gasteiger partial charge in [0, 0.05) is 32.8 Å². The topological polar surface area (TPSA) is 17.8 Å². The number of nitrogens with zero attached hydrogens (tertiary/aromatic N) is 2. The number of hydrogen-bond acceptors (Lipinski definition) is 1. The third-order valence-corrected chi connectivity index (χ3v) is 10.7. The van der Waals surface area contributed by atoms with E-state index in [4.69, 9.17) is 4.98 Å². The minimum atomic E-state index is 0.994. The van der Waals surface area contributed by atoms with Crippen LogP contribution in [0.5, 0.6) is 0 Å². The lowest BCUT2D eigenvalue weighted by Crippen LogP contribution is -1.94. The Kier molecular flexibility index (Phi) is 5.99. The average molecular weight is 647 g/mol. The summed E-state index contributed by atoms with van der Waals surface area (Å²) in [6.45, 7) is 0. The number of hydrogen-bond donors (Lipinski definition) is 0. The van der Waals surface area contributed by atoms with Crippen LogP contribution in [0.1, 0.15) is 0 Å². The van der Waals surface area contributed by atoms with Crippen LogP contribution in [-0.2, 0) is 0 Å². The first-order valence-corrected chi connectivity index (χ1v) is 17.6. The van der Waals surface area contributed by atoms with Gasteiger partial charge in [0.1, 0.15) is 0 Å². The fourth-order valence-corrected chi connectivity index (χ4v) is 8.49. The Labute approximate surface area is 294 Å². The lowest BCUT2D eigenvalue weighted by molar-refractivity contribution is 1.18. The van der Waals surface area contributed by atoms with Crippen molar-refractivity contribution in [2.45, 2.75) is 0 Å². The minimum Gasteiger partial charge on any atom is -0.309 e. The van der Waals surface area contributed by atoms with Gasteiger partial charge >= 0.3 is 0 Å². The summed E-state index contributed by atoms with van der Waals surface area (Å²) >= 11 is 0. The van der Waals surface area contributed by atoms with Gasteiger partial charge in [0.05, 0.1) is 22.2 Å². The Balaban J connectivity index is 1.20. The summed E-state index contributed by atoms with van der Waals surface area (Å²) in [7, 11) is 0. The molecule has 0 amide bonds. The van der Waals surface area contributed by atoms with E-state index in [1.165, 1.54) is 70.5 Å². The van der Waals surface area contributed by atoms with Crippen LogP contribution in [0.3, 0.4) is 0 Å². The van der Waals surface area contributed by atoms with Gasteiger partial charge in [-0.3, -0.25) is 0 Å². The van der Waals surface area contributed by atoms with Gasteiger partial charge < -0.3 is 4.57 Å². The molecule has 0 aliphatic rings. The molecule has 11 rings (SSSR count). The molecule has 9 aromatic carbocycles. The molecule has 0 spiro atoms. The molecule has 0 bridgehead atoms. The standard InChI is InChI=1S/C49H30N2/c1-3-13-31(14-4-1)49-48-41(27-28-46-47(48)42-21-11-12-22-45(42)51(46)34-15-5-2-6-16-34)40-26-24-33(30-44(40)50-49)32-23-25-39-37-19-8-7-17-35(37)36-18-9-10-20-38(36)43(39)29-32/h1-30H. The zero-order valence-electron chi connectivity index (χ0n) is 27.7. The lowest BCUT2D eigenvalue weighted by Gasteiger charge is -2.14. The molecule has 51 heavy (non-hydrogen) atoms. The average Bonchev–Trinajstić information content (AvgIpc) is 3.55. The Hall–Kier alpha value is -6.77. The van der Waals surface area contributed by atoms with Gasteiger partial charge in [-0.25, -0.2) is 4.98 Å². The largest absolute Gasteiger partial charge is 0.309 e. The van der Waals surface area contributed by atoms with E-state index >= 15 is 0 Å². The first-order chi connectivity index (χ1) is 25.3. The van der Waals surface area contributed by atoms with Crippen molar-refractivity contribution in [3.8, 4) is 28.1 Å². The summed E-state index contributed by atoms with van der Waals surface area (Å²) in [5, 5.41) is 13.7. The van der Waals surface area contributed by atoms with E-state index in [1.54, 1.807) is 0 Å². The van der Waals surface area contributed by atoms with Gasteiger partial charge in [-0.15, -0.1) is 0 Å². The maximum Gasteiger partial charge on any atom is 0.0795 e. The normalized spacial score (nSPS) is 11.9. The van der Waals surface area contributed by atoms with Crippen molar-refractivity contribution in [1.29, 1.82) is 0 Å². The number of benzene rings is 9. The maximum atomic E-state index is 5.54. The van der Waals surface area contributed by atoms with Crippen LogP contribution in [0.15, 0.2) is 182 Å². The van der Waals surface area contributed by atoms with E-state index in [-0.39, 0.29) is 0 Å². The molecule has 0 radical (unpaired) electrons. The summed E-state index contributed by atoms with van der Waals surface area (Å²) in [4.78, 5) is 5.54. The summed E-state index contributed by atoms with van der Waals surface area (Å²) in [6.07, 6.45) is 0. The third kappa shape index (κ3) is 4.14. The highest BCUT2D eigenvalue weighted by molar-refractivity contribution is 6.29. The molecule has 0 unspecified atom stereocenters. The summed E-state index contributed by atoms with van der Waals surface area (Å²) < 4.78 is 2.39. The lowest BCUT2D eigenvalue weighted by atomic mass is 9.91. The van der Waals surface area contributed by atoms with Gasteiger partial charge in [0.15, 0.2) is 0 Å². The first-order valence-electron chi connectivity index (χ1n) is 17.6. The molecule has 0 saturated heterocycles. The van der Waals surface area contributed by atoms with Gasteiger partial charge in [-0.05, 0) is 85.2 Å². The smallest absolute Gasteiger partial charge is 0.0795 e. The predicted molar refractivity (Wildman–Crippen MR) is 217 cm³/mol. The van der Waals surface area contributed by atoms with Gasteiger partial charge in [0.2, 0.25) is 0 Å². The fraction of sp³-hybridized carbons (Fsp3) is 0. The number of aromatic nitrogens is 2. The van der Waals surface area contributed by atoms with E-state index in [0.29, 0.717) is 0 Å². The molecule has 0 atom stereocenters. The van der Waals surface area contributed by atoms with Crippen LogP contribution < -0.4 is 0 Å². The molecule has 2 heteroatoms. The number of pyridine rings is 1. The van der Waals surface area contributed by atoms with Crippen molar-refractivity contribution in [2.75, 3.05) is 0 Å². The third-order valence-electron chi connectivity index (χ3n) is 10.7. The highest BCUT2D eigenvalue weighted by Crippen LogP contribution is 2.43. The molecular weight excluding hydrogens is 617 g/mol. The molecule has 0 fully saturated rings. The molecule has 2 heterocycles. The van der Waals surface area contributed by atoms with Gasteiger partial charge in [-0.1, -0.05) is 146 Å². The Morgan fingerprint density at radius 3 is 1.55 bits per heavy atom. The second-order valence-electron chi connectivity index (χ2n) is 13.5. The molecule has 11 aromatic rings. The molecule has 2 nitrogen and oxygen atoms in total. The molecule has 0 aliphatic carbocycles. The van der Waals surface area contributed by atoms with Crippen molar-refractivity contribution >= 4 is 75.8 Å². The first kappa shape index (κ1) is 28.1. The second-order valence-corrected chi connectivity index (χ2v) is 13.5. The van der Waals surface area contributed by atoms with Crippen LogP contribution in [0.4, 0.5) is 0 Å². The van der Waals surface area contributed by atoms with E-state index in [0.717, 1.165) is 33.4 Å². The van der Waals surface area contributed by atoms with Crippen molar-refractivity contribution in [3.63, 3.8) is 0 Å². The highest BCUT2D eigenvalue weighted by atomic mass is 15.0. The highest BCUT2D eigenvalue weighted by Gasteiger charge is 2.20. The van der Waals surface area contributed by atoms with Crippen LogP contribution in [0.25, 0.3) is 104 Å². The zero-order valence-corrected chi connectivity index (χ0v) is 27.7. The van der Waals surface area contributed by atoms with E-state index in [9.17, 15) is 0 Å². The number of fused-ring (bicyclic) bond motifs is 13. The molecular formula is C49H30N2. The molecule has 0 saturated carbocycles. The van der Waals surface area contributed by atoms with E-state index in [1.807, 2.05) is 0 Å². The van der Waals surface area contributed by atoms with Gasteiger partial charge in [-0.2, -0.15) is 0 Å². The Morgan fingerprint density at radius 1 is 0.314 bits per heavy atom. The fourth-order valence-electron chi connectivity index (χ4n) is 8.49. The van der Waals surface area contributed by atoms with Crippen LogP contribution >= 0.6 is 0 Å². The molecule has 2 aromatic heterocycles.